The predicted molar refractivity (Wildman–Crippen MR) is 127 cm³/mol. The van der Waals surface area contributed by atoms with Gasteiger partial charge in [0.1, 0.15) is 0 Å². The number of aryl methyl sites for hydroxylation is 1. The van der Waals surface area contributed by atoms with Crippen LogP contribution in [0, 0.1) is 12.8 Å². The lowest BCUT2D eigenvalue weighted by atomic mass is 9.94. The number of hydrogen-bond acceptors (Lipinski definition) is 3. The molecule has 3 aromatic carbocycles. The van der Waals surface area contributed by atoms with Gasteiger partial charge in [0.05, 0.1) is 5.41 Å². The molecule has 0 radical (unpaired) electrons. The highest BCUT2D eigenvalue weighted by molar-refractivity contribution is 6.02. The van der Waals surface area contributed by atoms with E-state index in [9.17, 15) is 4.79 Å². The molecule has 1 amide bonds. The van der Waals surface area contributed by atoms with Crippen molar-refractivity contribution < 1.29 is 14.3 Å². The summed E-state index contributed by atoms with van der Waals surface area (Å²) in [6, 6.07) is 20.8. The first-order valence-electron chi connectivity index (χ1n) is 11.4. The van der Waals surface area contributed by atoms with Crippen molar-refractivity contribution in [3.63, 3.8) is 0 Å². The SMILES string of the molecule is Cc1ccc(NC(=O)C2(c3ccc4c(c3)OCO4)CC2)cc1-c1ccc(CC(C)C)cc1. The number of fused-ring (bicyclic) bond motifs is 1. The van der Waals surface area contributed by atoms with Crippen LogP contribution in [-0.4, -0.2) is 12.7 Å². The maximum absolute atomic E-state index is 13.3. The third-order valence-electron chi connectivity index (χ3n) is 6.51. The summed E-state index contributed by atoms with van der Waals surface area (Å²) in [5, 5.41) is 3.17. The Hall–Kier alpha value is -3.27. The molecule has 3 aromatic rings. The van der Waals surface area contributed by atoms with Crippen LogP contribution in [0.4, 0.5) is 5.69 Å². The van der Waals surface area contributed by atoms with E-state index in [-0.39, 0.29) is 12.7 Å². The molecule has 0 atom stereocenters. The van der Waals surface area contributed by atoms with Crippen LogP contribution >= 0.6 is 0 Å². The number of carbonyl (C=O) groups excluding carboxylic acids is 1. The van der Waals surface area contributed by atoms with Gasteiger partial charge >= 0.3 is 0 Å². The van der Waals surface area contributed by atoms with Gasteiger partial charge in [-0.15, -0.1) is 0 Å². The molecule has 0 unspecified atom stereocenters. The van der Waals surface area contributed by atoms with Crippen LogP contribution < -0.4 is 14.8 Å². The topological polar surface area (TPSA) is 47.6 Å². The molecular formula is C28H29NO3. The van der Waals surface area contributed by atoms with Crippen LogP contribution in [0.3, 0.4) is 0 Å². The third kappa shape index (κ3) is 3.86. The minimum Gasteiger partial charge on any atom is -0.454 e. The number of hydrogen-bond donors (Lipinski definition) is 1. The van der Waals surface area contributed by atoms with E-state index in [1.54, 1.807) is 0 Å². The molecule has 164 valence electrons. The van der Waals surface area contributed by atoms with Crippen molar-refractivity contribution in [1.29, 1.82) is 0 Å². The highest BCUT2D eigenvalue weighted by Crippen LogP contribution is 2.51. The number of amides is 1. The Labute approximate surface area is 189 Å². The van der Waals surface area contributed by atoms with E-state index >= 15 is 0 Å². The Morgan fingerprint density at radius 3 is 2.44 bits per heavy atom. The van der Waals surface area contributed by atoms with Gasteiger partial charge in [-0.2, -0.15) is 0 Å². The molecular weight excluding hydrogens is 398 g/mol. The zero-order valence-electron chi connectivity index (χ0n) is 18.9. The molecule has 1 heterocycles. The molecule has 0 bridgehead atoms. The first kappa shape index (κ1) is 20.6. The van der Waals surface area contributed by atoms with Crippen LogP contribution in [-0.2, 0) is 16.6 Å². The first-order chi connectivity index (χ1) is 15.4. The zero-order valence-corrected chi connectivity index (χ0v) is 18.9. The summed E-state index contributed by atoms with van der Waals surface area (Å²) in [7, 11) is 0. The highest BCUT2D eigenvalue weighted by Gasteiger charge is 2.51. The van der Waals surface area contributed by atoms with Crippen LogP contribution in [0.25, 0.3) is 11.1 Å². The third-order valence-corrected chi connectivity index (χ3v) is 6.51. The van der Waals surface area contributed by atoms with E-state index in [0.29, 0.717) is 5.92 Å². The summed E-state index contributed by atoms with van der Waals surface area (Å²) in [6.45, 7) is 6.82. The molecule has 2 aliphatic rings. The minimum atomic E-state index is -0.482. The largest absolute Gasteiger partial charge is 0.454 e. The van der Waals surface area contributed by atoms with Crippen molar-refractivity contribution in [2.75, 3.05) is 12.1 Å². The van der Waals surface area contributed by atoms with Crippen molar-refractivity contribution in [3.05, 3.63) is 77.4 Å². The van der Waals surface area contributed by atoms with Crippen LogP contribution in [0.1, 0.15) is 43.4 Å². The molecule has 5 rings (SSSR count). The Kier molecular flexibility index (Phi) is 5.16. The molecule has 0 spiro atoms. The van der Waals surface area contributed by atoms with Crippen molar-refractivity contribution in [1.82, 2.24) is 0 Å². The Morgan fingerprint density at radius 1 is 0.969 bits per heavy atom. The van der Waals surface area contributed by atoms with Gasteiger partial charge in [-0.3, -0.25) is 4.79 Å². The van der Waals surface area contributed by atoms with E-state index in [1.807, 2.05) is 24.3 Å². The summed E-state index contributed by atoms with van der Waals surface area (Å²) in [4.78, 5) is 13.3. The maximum atomic E-state index is 13.3. The van der Waals surface area contributed by atoms with Gasteiger partial charge in [0.15, 0.2) is 11.5 Å². The van der Waals surface area contributed by atoms with Crippen molar-refractivity contribution in [2.45, 2.75) is 45.4 Å². The first-order valence-corrected chi connectivity index (χ1v) is 11.4. The van der Waals surface area contributed by atoms with Gasteiger partial charge < -0.3 is 14.8 Å². The fourth-order valence-electron chi connectivity index (χ4n) is 4.52. The molecule has 0 aromatic heterocycles. The fraction of sp³-hybridized carbons (Fsp3) is 0.321. The zero-order chi connectivity index (χ0) is 22.3. The lowest BCUT2D eigenvalue weighted by Gasteiger charge is -2.17. The molecule has 1 aliphatic heterocycles. The number of rotatable bonds is 6. The second kappa shape index (κ2) is 8.01. The standard InChI is InChI=1S/C28H29NO3/c1-18(2)14-20-5-7-21(8-6-20)24-16-23(10-4-19(24)3)29-27(30)28(12-13-28)22-9-11-25-26(15-22)32-17-31-25/h4-11,15-16,18H,12-14,17H2,1-3H3,(H,29,30). The van der Waals surface area contributed by atoms with E-state index < -0.39 is 5.41 Å². The normalized spacial score (nSPS) is 15.6. The average molecular weight is 428 g/mol. The second-order valence-electron chi connectivity index (χ2n) is 9.43. The monoisotopic (exact) mass is 427 g/mol. The van der Waals surface area contributed by atoms with Gasteiger partial charge in [0.2, 0.25) is 12.7 Å². The Morgan fingerprint density at radius 2 is 1.72 bits per heavy atom. The van der Waals surface area contributed by atoms with E-state index in [0.717, 1.165) is 47.6 Å². The molecule has 1 saturated carbocycles. The highest BCUT2D eigenvalue weighted by atomic mass is 16.7. The van der Waals surface area contributed by atoms with E-state index in [2.05, 4.69) is 62.5 Å². The number of nitrogens with one attached hydrogen (secondary N) is 1. The number of carbonyl (C=O) groups is 1. The summed E-state index contributed by atoms with van der Waals surface area (Å²) < 4.78 is 10.9. The molecule has 1 aliphatic carbocycles. The van der Waals surface area contributed by atoms with Crippen LogP contribution in [0.5, 0.6) is 11.5 Å². The summed E-state index contributed by atoms with van der Waals surface area (Å²) in [5.74, 6) is 2.15. The van der Waals surface area contributed by atoms with Gasteiger partial charge in [-0.25, -0.2) is 0 Å². The van der Waals surface area contributed by atoms with Gasteiger partial charge in [0.25, 0.3) is 0 Å². The predicted octanol–water partition coefficient (Wildman–Crippen LogP) is 6.26. The summed E-state index contributed by atoms with van der Waals surface area (Å²) in [5.41, 5.74) is 6.20. The molecule has 4 heteroatoms. The van der Waals surface area contributed by atoms with E-state index in [1.165, 1.54) is 16.7 Å². The number of benzene rings is 3. The smallest absolute Gasteiger partial charge is 0.235 e. The van der Waals surface area contributed by atoms with E-state index in [4.69, 9.17) is 9.47 Å². The summed E-state index contributed by atoms with van der Waals surface area (Å²) >= 11 is 0. The molecule has 32 heavy (non-hydrogen) atoms. The number of ether oxygens (including phenoxy) is 2. The molecule has 4 nitrogen and oxygen atoms in total. The summed E-state index contributed by atoms with van der Waals surface area (Å²) in [6.07, 6.45) is 2.76. The Balaban J connectivity index is 1.36. The molecule has 1 N–H and O–H groups in total. The van der Waals surface area contributed by atoms with Crippen LogP contribution in [0.2, 0.25) is 0 Å². The van der Waals surface area contributed by atoms with Crippen molar-refractivity contribution in [2.24, 2.45) is 5.92 Å². The molecule has 0 saturated heterocycles. The maximum Gasteiger partial charge on any atom is 0.235 e. The van der Waals surface area contributed by atoms with Crippen molar-refractivity contribution in [3.8, 4) is 22.6 Å². The Bertz CT molecular complexity index is 1160. The van der Waals surface area contributed by atoms with Gasteiger partial charge in [-0.05, 0) is 84.2 Å². The van der Waals surface area contributed by atoms with Gasteiger partial charge in [-0.1, -0.05) is 50.2 Å². The average Bonchev–Trinajstić information content (AvgIpc) is 3.46. The van der Waals surface area contributed by atoms with Crippen molar-refractivity contribution >= 4 is 11.6 Å². The quantitative estimate of drug-likeness (QED) is 0.505. The second-order valence-corrected chi connectivity index (χ2v) is 9.43. The fourth-order valence-corrected chi connectivity index (χ4v) is 4.52. The molecule has 1 fully saturated rings. The van der Waals surface area contributed by atoms with Crippen LogP contribution in [0.15, 0.2) is 60.7 Å². The lowest BCUT2D eigenvalue weighted by molar-refractivity contribution is -0.118. The minimum absolute atomic E-state index is 0.0402. The van der Waals surface area contributed by atoms with Gasteiger partial charge in [0, 0.05) is 5.69 Å². The number of anilines is 1. The lowest BCUT2D eigenvalue weighted by Crippen LogP contribution is -2.27.